The summed E-state index contributed by atoms with van der Waals surface area (Å²) in [5.41, 5.74) is 2.51. The summed E-state index contributed by atoms with van der Waals surface area (Å²) in [5, 5.41) is 5.48. The summed E-state index contributed by atoms with van der Waals surface area (Å²) >= 11 is 0.198. The average molecular weight is 554 g/mol. The number of halogens is 2. The van der Waals surface area contributed by atoms with Gasteiger partial charge in [-0.05, 0) is 5.92 Å². The second kappa shape index (κ2) is 9.46. The van der Waals surface area contributed by atoms with E-state index in [-0.39, 0.29) is 44.5 Å². The van der Waals surface area contributed by atoms with Crippen LogP contribution in [0.2, 0.25) is 0 Å². The molecule has 1 aromatic carbocycles. The van der Waals surface area contributed by atoms with Gasteiger partial charge in [-0.25, -0.2) is 0 Å². The number of nitrogens with zero attached hydrogens (tertiary/aromatic N) is 3. The topological polar surface area (TPSA) is 79.3 Å². The second-order valence-electron chi connectivity index (χ2n) is 8.91. The number of benzene rings is 1. The Morgan fingerprint density at radius 1 is 1.31 bits per heavy atom. The van der Waals surface area contributed by atoms with E-state index in [0.29, 0.717) is 34.8 Å². The van der Waals surface area contributed by atoms with Crippen LogP contribution >= 0.6 is 0 Å². The van der Waals surface area contributed by atoms with Crippen LogP contribution < -0.4 is 31.8 Å². The van der Waals surface area contributed by atoms with Crippen molar-refractivity contribution in [2.24, 2.45) is 5.92 Å². The maximum atomic E-state index is 15.1. The molecule has 2 aliphatic heterocycles. The Morgan fingerprint density at radius 2 is 2.06 bits per heavy atom. The minimum atomic E-state index is -0.646. The predicted molar refractivity (Wildman–Crippen MR) is 116 cm³/mol. The monoisotopic (exact) mass is 554 g/mol. The molecule has 0 saturated carbocycles. The summed E-state index contributed by atoms with van der Waals surface area (Å²) in [6.45, 7) is 5.96. The van der Waals surface area contributed by atoms with E-state index in [4.69, 9.17) is 0 Å². The molecule has 7 nitrogen and oxygen atoms in total. The Hall–Kier alpha value is -2.01. The van der Waals surface area contributed by atoms with E-state index < -0.39 is 11.9 Å². The fourth-order valence-corrected chi connectivity index (χ4v) is 5.77. The molecule has 0 aliphatic carbocycles. The molecule has 0 radical (unpaired) electrons. The summed E-state index contributed by atoms with van der Waals surface area (Å²) < 4.78 is 18.8. The molecule has 3 heterocycles. The molecule has 0 bridgehead atoms. The summed E-state index contributed by atoms with van der Waals surface area (Å²) in [6.07, 6.45) is 0.522. The number of hydrogen-bond acceptors (Lipinski definition) is 4. The van der Waals surface area contributed by atoms with Gasteiger partial charge in [0, 0.05) is 7.05 Å². The number of carbonyl (C=O) groups is 2. The van der Waals surface area contributed by atoms with Crippen LogP contribution in [0.5, 0.6) is 0 Å². The van der Waals surface area contributed by atoms with Crippen molar-refractivity contribution in [3.05, 3.63) is 41.0 Å². The first kappa shape index (κ1) is 23.2. The van der Waals surface area contributed by atoms with E-state index in [1.54, 1.807) is 19.2 Å². The molecule has 2 N–H and O–H groups in total. The number of nitrogens with one attached hydrogen (secondary N) is 2. The van der Waals surface area contributed by atoms with Crippen molar-refractivity contribution in [3.63, 3.8) is 0 Å². The normalized spacial score (nSPS) is 19.1. The molecule has 1 saturated heterocycles. The molecule has 32 heavy (non-hydrogen) atoms. The summed E-state index contributed by atoms with van der Waals surface area (Å²) in [4.78, 5) is 32.3. The molecule has 174 valence electrons. The van der Waals surface area contributed by atoms with Crippen LogP contribution in [0.4, 0.5) is 4.39 Å². The minimum absolute atomic E-state index is 0.198. The summed E-state index contributed by atoms with van der Waals surface area (Å²) in [6, 6.07) is 4.78. The number of aromatic nitrogens is 2. The Bertz CT molecular complexity index is 1030. The molecule has 1 aromatic heterocycles. The SMILES string of the molecule is CNC(=O)[C@H](CC(C)C)NC(=O)c1nc(-c2ccc(C3C[I-]3)cc2F)n2c1CN(C)CC2. The van der Waals surface area contributed by atoms with Crippen molar-refractivity contribution in [3.8, 4) is 11.4 Å². The van der Waals surface area contributed by atoms with Crippen molar-refractivity contribution < 1.29 is 35.2 Å². The number of imidazole rings is 1. The Morgan fingerprint density at radius 3 is 2.69 bits per heavy atom. The number of alkyl halides is 2. The molecule has 1 fully saturated rings. The van der Waals surface area contributed by atoms with E-state index >= 15 is 4.39 Å². The van der Waals surface area contributed by atoms with Gasteiger partial charge in [0.1, 0.15) is 0 Å². The number of rotatable bonds is 7. The molecular weight excluding hydrogens is 524 g/mol. The molecule has 4 rings (SSSR count). The van der Waals surface area contributed by atoms with Gasteiger partial charge >= 0.3 is 162 Å². The quantitative estimate of drug-likeness (QED) is 0.346. The number of amides is 2. The van der Waals surface area contributed by atoms with Crippen LogP contribution in [0.3, 0.4) is 0 Å². The molecule has 2 atom stereocenters. The van der Waals surface area contributed by atoms with E-state index in [0.717, 1.165) is 17.8 Å². The zero-order chi connectivity index (χ0) is 23.0. The zero-order valence-corrected chi connectivity index (χ0v) is 21.1. The van der Waals surface area contributed by atoms with Gasteiger partial charge in [-0.1, -0.05) is 13.8 Å². The maximum absolute atomic E-state index is 15.1. The van der Waals surface area contributed by atoms with Gasteiger partial charge in [0.2, 0.25) is 0 Å². The third-order valence-corrected chi connectivity index (χ3v) is 8.37. The van der Waals surface area contributed by atoms with Crippen LogP contribution in [-0.4, -0.2) is 57.4 Å². The fraction of sp³-hybridized carbons (Fsp3) is 0.522. The zero-order valence-electron chi connectivity index (χ0n) is 18.9. The third-order valence-electron chi connectivity index (χ3n) is 5.89. The van der Waals surface area contributed by atoms with E-state index in [1.165, 1.54) is 4.43 Å². The molecule has 9 heteroatoms. The van der Waals surface area contributed by atoms with Gasteiger partial charge in [0.25, 0.3) is 0 Å². The van der Waals surface area contributed by atoms with Gasteiger partial charge in [-0.2, -0.15) is 0 Å². The van der Waals surface area contributed by atoms with E-state index in [2.05, 4.69) is 20.5 Å². The standard InChI is InChI=1S/C23H30FIN5O2/c1-13(2)9-18(22(31)26-3)27-23(32)20-19-12-29(4)7-8-30(19)21(28-20)15-6-5-14(10-16(15)24)17-11-25-17/h5-6,10,13,17-18H,7-9,11-12H2,1-4H3,(H,26,31)(H,27,32)/q-1/t17?,18-/m0/s1. The summed E-state index contributed by atoms with van der Waals surface area (Å²) in [5.74, 6) is -0.212. The molecular formula is C23H30FIN5O2-. The molecule has 2 amide bonds. The Balaban J connectivity index is 1.69. The number of carbonyl (C=O) groups excluding carboxylic acids is 2. The van der Waals surface area contributed by atoms with E-state index in [9.17, 15) is 9.59 Å². The van der Waals surface area contributed by atoms with Crippen LogP contribution in [0.1, 0.15) is 45.9 Å². The van der Waals surface area contributed by atoms with Crippen molar-refractivity contribution in [2.75, 3.05) is 25.1 Å². The first-order valence-corrected chi connectivity index (χ1v) is 13.7. The molecule has 2 aromatic rings. The molecule has 2 aliphatic rings. The van der Waals surface area contributed by atoms with Gasteiger partial charge in [-0.3, -0.25) is 4.79 Å². The number of likely N-dealkylation sites (N-methyl/N-ethyl adjacent to an activating group) is 2. The van der Waals surface area contributed by atoms with Crippen molar-refractivity contribution in [1.29, 1.82) is 0 Å². The van der Waals surface area contributed by atoms with Gasteiger partial charge in [0.15, 0.2) is 0 Å². The van der Waals surface area contributed by atoms with Crippen molar-refractivity contribution in [2.45, 2.75) is 43.3 Å². The van der Waals surface area contributed by atoms with Crippen LogP contribution in [0.25, 0.3) is 11.4 Å². The van der Waals surface area contributed by atoms with E-state index in [1.807, 2.05) is 31.5 Å². The Labute approximate surface area is 198 Å². The average Bonchev–Trinajstić information content (AvgIpc) is 3.53. The van der Waals surface area contributed by atoms with Crippen molar-refractivity contribution >= 4 is 11.8 Å². The fourth-order valence-electron chi connectivity index (χ4n) is 4.11. The van der Waals surface area contributed by atoms with Crippen molar-refractivity contribution in [1.82, 2.24) is 25.1 Å². The predicted octanol–water partition coefficient (Wildman–Crippen LogP) is -0.831. The first-order chi connectivity index (χ1) is 15.3. The molecule has 1 unspecified atom stereocenters. The van der Waals surface area contributed by atoms with Crippen LogP contribution in [-0.2, 0) is 17.9 Å². The van der Waals surface area contributed by atoms with Gasteiger partial charge in [-0.15, -0.1) is 0 Å². The van der Waals surface area contributed by atoms with Crippen LogP contribution in [0, 0.1) is 11.7 Å². The van der Waals surface area contributed by atoms with Crippen LogP contribution in [0.15, 0.2) is 18.2 Å². The first-order valence-electron chi connectivity index (χ1n) is 11.0. The second-order valence-corrected chi connectivity index (χ2v) is 12.2. The third kappa shape index (κ3) is 4.83. The number of fused-ring (bicyclic) bond motifs is 1. The molecule has 0 spiro atoms. The Kier molecular flexibility index (Phi) is 6.85. The number of hydrogen-bond donors (Lipinski definition) is 2. The van der Waals surface area contributed by atoms with Gasteiger partial charge < -0.3 is 5.32 Å². The summed E-state index contributed by atoms with van der Waals surface area (Å²) in [7, 11) is 3.54. The van der Waals surface area contributed by atoms with Gasteiger partial charge in [0.05, 0.1) is 0 Å².